The normalized spacial score (nSPS) is 10.4. The van der Waals surface area contributed by atoms with Crippen molar-refractivity contribution in [2.45, 2.75) is 13.8 Å². The van der Waals surface area contributed by atoms with Gasteiger partial charge in [-0.2, -0.15) is 0 Å². The number of benzene rings is 1. The van der Waals surface area contributed by atoms with Gasteiger partial charge in [0.1, 0.15) is 5.75 Å². The summed E-state index contributed by atoms with van der Waals surface area (Å²) in [7, 11) is 1.57. The van der Waals surface area contributed by atoms with Crippen LogP contribution in [0.2, 0.25) is 0 Å². The molecule has 0 atom stereocenters. The molecule has 1 rings (SSSR count). The summed E-state index contributed by atoms with van der Waals surface area (Å²) in [4.78, 5) is 14.2. The number of hydrogen-bond acceptors (Lipinski definition) is 3. The monoisotopic (exact) mass is 250 g/mol. The van der Waals surface area contributed by atoms with E-state index in [9.17, 15) is 4.79 Å². The van der Waals surface area contributed by atoms with Gasteiger partial charge in [0.2, 0.25) is 0 Å². The average Bonchev–Trinajstić information content (AvgIpc) is 2.43. The molecule has 4 heteroatoms. The molecule has 0 radical (unpaired) electrons. The number of carbonyl (C=O) groups excluding carboxylic acids is 1. The molecular formula is C14H22N2O2. The zero-order chi connectivity index (χ0) is 13.4. The highest BCUT2D eigenvalue weighted by atomic mass is 16.5. The van der Waals surface area contributed by atoms with Gasteiger partial charge >= 0.3 is 0 Å². The number of ether oxygens (including phenoxy) is 1. The lowest BCUT2D eigenvalue weighted by Crippen LogP contribution is -2.34. The Morgan fingerprint density at radius 2 is 1.94 bits per heavy atom. The molecule has 1 aromatic carbocycles. The number of rotatable bonds is 7. The minimum Gasteiger partial charge on any atom is -0.496 e. The Labute approximate surface area is 109 Å². The highest BCUT2D eigenvalue weighted by Gasteiger charge is 2.10. The van der Waals surface area contributed by atoms with Gasteiger partial charge in [0.25, 0.3) is 5.91 Å². The number of amides is 1. The Morgan fingerprint density at radius 1 is 1.28 bits per heavy atom. The minimum atomic E-state index is -0.0837. The molecule has 0 aliphatic carbocycles. The number of nitrogens with zero attached hydrogens (tertiary/aromatic N) is 1. The van der Waals surface area contributed by atoms with Gasteiger partial charge in [-0.25, -0.2) is 0 Å². The summed E-state index contributed by atoms with van der Waals surface area (Å²) in [5.74, 6) is 0.525. The Balaban J connectivity index is 2.50. The number of methoxy groups -OCH3 is 1. The third-order valence-corrected chi connectivity index (χ3v) is 2.96. The van der Waals surface area contributed by atoms with Crippen LogP contribution >= 0.6 is 0 Å². The topological polar surface area (TPSA) is 41.6 Å². The molecule has 0 spiro atoms. The largest absolute Gasteiger partial charge is 0.496 e. The first-order valence-electron chi connectivity index (χ1n) is 6.36. The van der Waals surface area contributed by atoms with Crippen LogP contribution in [-0.4, -0.2) is 44.1 Å². The molecule has 0 aromatic heterocycles. The van der Waals surface area contributed by atoms with Gasteiger partial charge < -0.3 is 15.0 Å². The van der Waals surface area contributed by atoms with Gasteiger partial charge in [-0.1, -0.05) is 26.0 Å². The summed E-state index contributed by atoms with van der Waals surface area (Å²) in [6.07, 6.45) is 0. The third kappa shape index (κ3) is 4.04. The van der Waals surface area contributed by atoms with Crippen LogP contribution in [0.15, 0.2) is 24.3 Å². The van der Waals surface area contributed by atoms with E-state index < -0.39 is 0 Å². The molecule has 0 bridgehead atoms. The fraction of sp³-hybridized carbons (Fsp3) is 0.500. The molecule has 0 aliphatic heterocycles. The van der Waals surface area contributed by atoms with Gasteiger partial charge in [-0.05, 0) is 25.2 Å². The van der Waals surface area contributed by atoms with Crippen LogP contribution in [0.1, 0.15) is 24.2 Å². The maximum Gasteiger partial charge on any atom is 0.255 e. The summed E-state index contributed by atoms with van der Waals surface area (Å²) in [5, 5.41) is 2.91. The maximum absolute atomic E-state index is 12.0. The Kier molecular flexibility index (Phi) is 6.22. The molecule has 0 saturated carbocycles. The van der Waals surface area contributed by atoms with Crippen molar-refractivity contribution in [2.24, 2.45) is 0 Å². The molecule has 1 N–H and O–H groups in total. The molecule has 1 amide bonds. The zero-order valence-corrected chi connectivity index (χ0v) is 11.4. The highest BCUT2D eigenvalue weighted by Crippen LogP contribution is 2.16. The fourth-order valence-electron chi connectivity index (χ4n) is 1.79. The summed E-state index contributed by atoms with van der Waals surface area (Å²) < 4.78 is 5.16. The van der Waals surface area contributed by atoms with E-state index in [4.69, 9.17) is 4.74 Å². The van der Waals surface area contributed by atoms with Crippen LogP contribution in [0.25, 0.3) is 0 Å². The smallest absolute Gasteiger partial charge is 0.255 e. The van der Waals surface area contributed by atoms with Crippen LogP contribution in [0.4, 0.5) is 0 Å². The van der Waals surface area contributed by atoms with Gasteiger partial charge in [0.05, 0.1) is 12.7 Å². The Bertz CT molecular complexity index is 376. The summed E-state index contributed by atoms with van der Waals surface area (Å²) in [5.41, 5.74) is 0.583. The average molecular weight is 250 g/mol. The molecule has 4 nitrogen and oxygen atoms in total. The second kappa shape index (κ2) is 7.71. The van der Waals surface area contributed by atoms with Gasteiger partial charge in [0, 0.05) is 13.1 Å². The van der Waals surface area contributed by atoms with E-state index >= 15 is 0 Å². The number of likely N-dealkylation sites (N-methyl/N-ethyl adjacent to an activating group) is 1. The summed E-state index contributed by atoms with van der Waals surface area (Å²) in [6.45, 7) is 7.76. The van der Waals surface area contributed by atoms with Crippen molar-refractivity contribution in [3.05, 3.63) is 29.8 Å². The number of nitrogens with one attached hydrogen (secondary N) is 1. The molecule has 1 aromatic rings. The van der Waals surface area contributed by atoms with Crippen LogP contribution < -0.4 is 10.1 Å². The van der Waals surface area contributed by atoms with Crippen LogP contribution in [0.5, 0.6) is 5.75 Å². The van der Waals surface area contributed by atoms with E-state index in [0.29, 0.717) is 17.9 Å². The van der Waals surface area contributed by atoms with Crippen molar-refractivity contribution in [1.29, 1.82) is 0 Å². The quantitative estimate of drug-likeness (QED) is 0.802. The molecule has 0 unspecified atom stereocenters. The number of carbonyl (C=O) groups is 1. The standard InChI is InChI=1S/C14H22N2O2/c1-4-16(5-2)11-10-15-14(17)12-8-6-7-9-13(12)18-3/h6-9H,4-5,10-11H2,1-3H3,(H,15,17). The van der Waals surface area contributed by atoms with Crippen LogP contribution in [0.3, 0.4) is 0 Å². The van der Waals surface area contributed by atoms with Crippen molar-refractivity contribution < 1.29 is 9.53 Å². The molecule has 18 heavy (non-hydrogen) atoms. The lowest BCUT2D eigenvalue weighted by molar-refractivity contribution is 0.0946. The fourth-order valence-corrected chi connectivity index (χ4v) is 1.79. The first-order valence-corrected chi connectivity index (χ1v) is 6.36. The van der Waals surface area contributed by atoms with Gasteiger partial charge in [-0.15, -0.1) is 0 Å². The SMILES string of the molecule is CCN(CC)CCNC(=O)c1ccccc1OC. The van der Waals surface area contributed by atoms with E-state index in [1.54, 1.807) is 19.2 Å². The molecule has 0 aliphatic rings. The molecule has 100 valence electrons. The van der Waals surface area contributed by atoms with Crippen molar-refractivity contribution in [2.75, 3.05) is 33.3 Å². The second-order valence-corrected chi connectivity index (χ2v) is 3.98. The number of hydrogen-bond donors (Lipinski definition) is 1. The molecule has 0 heterocycles. The highest BCUT2D eigenvalue weighted by molar-refractivity contribution is 5.96. The van der Waals surface area contributed by atoms with E-state index in [1.165, 1.54) is 0 Å². The zero-order valence-electron chi connectivity index (χ0n) is 11.4. The third-order valence-electron chi connectivity index (χ3n) is 2.96. The summed E-state index contributed by atoms with van der Waals surface area (Å²) >= 11 is 0. The van der Waals surface area contributed by atoms with Crippen molar-refractivity contribution >= 4 is 5.91 Å². The predicted molar refractivity (Wildman–Crippen MR) is 73.1 cm³/mol. The van der Waals surface area contributed by atoms with E-state index in [1.807, 2.05) is 12.1 Å². The van der Waals surface area contributed by atoms with Crippen molar-refractivity contribution in [1.82, 2.24) is 10.2 Å². The first-order chi connectivity index (χ1) is 8.72. The van der Waals surface area contributed by atoms with Crippen molar-refractivity contribution in [3.63, 3.8) is 0 Å². The van der Waals surface area contributed by atoms with E-state index in [2.05, 4.69) is 24.1 Å². The molecule has 0 saturated heterocycles. The predicted octanol–water partition coefficient (Wildman–Crippen LogP) is 1.77. The van der Waals surface area contributed by atoms with E-state index in [-0.39, 0.29) is 5.91 Å². The maximum atomic E-state index is 12.0. The Morgan fingerprint density at radius 3 is 2.56 bits per heavy atom. The first kappa shape index (κ1) is 14.5. The van der Waals surface area contributed by atoms with E-state index in [0.717, 1.165) is 19.6 Å². The van der Waals surface area contributed by atoms with Crippen LogP contribution in [-0.2, 0) is 0 Å². The summed E-state index contributed by atoms with van der Waals surface area (Å²) in [6, 6.07) is 7.25. The van der Waals surface area contributed by atoms with Crippen LogP contribution in [0, 0.1) is 0 Å². The number of para-hydroxylation sites is 1. The molecular weight excluding hydrogens is 228 g/mol. The lowest BCUT2D eigenvalue weighted by Gasteiger charge is -2.18. The molecule has 0 fully saturated rings. The lowest BCUT2D eigenvalue weighted by atomic mass is 10.2. The van der Waals surface area contributed by atoms with Gasteiger partial charge in [-0.3, -0.25) is 4.79 Å². The minimum absolute atomic E-state index is 0.0837. The second-order valence-electron chi connectivity index (χ2n) is 3.98. The van der Waals surface area contributed by atoms with Gasteiger partial charge in [0.15, 0.2) is 0 Å². The van der Waals surface area contributed by atoms with Crippen molar-refractivity contribution in [3.8, 4) is 5.75 Å². The Hall–Kier alpha value is -1.55.